The zero-order valence-electron chi connectivity index (χ0n) is 14.6. The van der Waals surface area contributed by atoms with Gasteiger partial charge in [0.05, 0.1) is 0 Å². The Balaban J connectivity index is 2.05. The van der Waals surface area contributed by atoms with E-state index in [2.05, 4.69) is 24.5 Å². The summed E-state index contributed by atoms with van der Waals surface area (Å²) < 4.78 is 0. The molecule has 0 aliphatic rings. The Bertz CT molecular complexity index is 704. The van der Waals surface area contributed by atoms with Crippen LogP contribution in [0.25, 0.3) is 0 Å². The van der Waals surface area contributed by atoms with Gasteiger partial charge >= 0.3 is 0 Å². The summed E-state index contributed by atoms with van der Waals surface area (Å²) in [4.78, 5) is 25.0. The first kappa shape index (κ1) is 17.7. The first-order chi connectivity index (χ1) is 11.3. The van der Waals surface area contributed by atoms with E-state index in [1.165, 1.54) is 5.56 Å². The van der Waals surface area contributed by atoms with Crippen LogP contribution < -0.4 is 10.6 Å². The summed E-state index contributed by atoms with van der Waals surface area (Å²) in [6, 6.07) is 16.8. The van der Waals surface area contributed by atoms with E-state index in [1.807, 2.05) is 42.5 Å². The Morgan fingerprint density at radius 1 is 0.792 bits per heavy atom. The van der Waals surface area contributed by atoms with Crippen LogP contribution in [0.4, 0.5) is 11.4 Å². The summed E-state index contributed by atoms with van der Waals surface area (Å²) >= 11 is 0. The van der Waals surface area contributed by atoms with E-state index in [0.29, 0.717) is 17.3 Å². The maximum atomic E-state index is 12.5. The number of anilines is 2. The van der Waals surface area contributed by atoms with E-state index >= 15 is 0 Å². The molecule has 0 fully saturated rings. The number of nitrogens with one attached hydrogen (secondary N) is 2. The fraction of sp³-hybridized carbons (Fsp3) is 0.300. The molecule has 2 amide bonds. The summed E-state index contributed by atoms with van der Waals surface area (Å²) in [6.45, 7) is 7.46. The molecule has 0 spiro atoms. The number of para-hydroxylation sites is 1. The van der Waals surface area contributed by atoms with Crippen molar-refractivity contribution in [3.05, 3.63) is 60.2 Å². The minimum absolute atomic E-state index is 0.340. The molecule has 0 saturated heterocycles. The lowest BCUT2D eigenvalue weighted by Crippen LogP contribution is -2.41. The standard InChI is InChI=1S/C20H24N2O2/c1-14(2)15-10-12-17(13-11-15)22-19(24)20(3,4)18(23)21-16-8-6-5-7-9-16/h5-14H,1-4H3,(H,21,23)(H,22,24). The third kappa shape index (κ3) is 4.22. The Hall–Kier alpha value is -2.62. The Morgan fingerprint density at radius 3 is 1.71 bits per heavy atom. The fourth-order valence-corrected chi connectivity index (χ4v) is 2.15. The topological polar surface area (TPSA) is 58.2 Å². The minimum Gasteiger partial charge on any atom is -0.325 e. The Kier molecular flexibility index (Phi) is 5.39. The van der Waals surface area contributed by atoms with Crippen molar-refractivity contribution in [3.63, 3.8) is 0 Å². The van der Waals surface area contributed by atoms with Crippen molar-refractivity contribution in [1.82, 2.24) is 0 Å². The average Bonchev–Trinajstić information content (AvgIpc) is 2.56. The monoisotopic (exact) mass is 324 g/mol. The van der Waals surface area contributed by atoms with Gasteiger partial charge < -0.3 is 10.6 Å². The second-order valence-corrected chi connectivity index (χ2v) is 6.68. The van der Waals surface area contributed by atoms with Gasteiger partial charge in [0.1, 0.15) is 5.41 Å². The maximum absolute atomic E-state index is 12.5. The van der Waals surface area contributed by atoms with Crippen molar-refractivity contribution in [2.24, 2.45) is 5.41 Å². The molecule has 2 rings (SSSR count). The molecule has 24 heavy (non-hydrogen) atoms. The van der Waals surface area contributed by atoms with Gasteiger partial charge in [0, 0.05) is 11.4 Å². The molecular weight excluding hydrogens is 300 g/mol. The van der Waals surface area contributed by atoms with Crippen LogP contribution >= 0.6 is 0 Å². The quantitative estimate of drug-likeness (QED) is 0.800. The number of hydrogen-bond donors (Lipinski definition) is 2. The minimum atomic E-state index is -1.19. The van der Waals surface area contributed by atoms with E-state index in [-0.39, 0.29) is 11.8 Å². The van der Waals surface area contributed by atoms with E-state index < -0.39 is 5.41 Å². The molecule has 0 bridgehead atoms. The second kappa shape index (κ2) is 7.30. The average molecular weight is 324 g/mol. The van der Waals surface area contributed by atoms with Gasteiger partial charge in [-0.05, 0) is 49.6 Å². The zero-order chi connectivity index (χ0) is 17.7. The van der Waals surface area contributed by atoms with Gasteiger partial charge in [0.15, 0.2) is 0 Å². The molecule has 0 aromatic heterocycles. The number of amides is 2. The van der Waals surface area contributed by atoms with Crippen LogP contribution in [0.15, 0.2) is 54.6 Å². The van der Waals surface area contributed by atoms with E-state index in [0.717, 1.165) is 0 Å². The predicted molar refractivity (Wildman–Crippen MR) is 98.0 cm³/mol. The highest BCUT2D eigenvalue weighted by molar-refractivity contribution is 6.13. The predicted octanol–water partition coefficient (Wildman–Crippen LogP) is 4.41. The third-order valence-corrected chi connectivity index (χ3v) is 4.00. The SMILES string of the molecule is CC(C)c1ccc(NC(=O)C(C)(C)C(=O)Nc2ccccc2)cc1. The van der Waals surface area contributed by atoms with Crippen LogP contribution in [-0.2, 0) is 9.59 Å². The molecule has 0 saturated carbocycles. The lowest BCUT2D eigenvalue weighted by molar-refractivity contribution is -0.135. The number of carbonyl (C=O) groups is 2. The molecule has 0 atom stereocenters. The van der Waals surface area contributed by atoms with Gasteiger partial charge in [-0.15, -0.1) is 0 Å². The van der Waals surface area contributed by atoms with Crippen LogP contribution in [0.1, 0.15) is 39.2 Å². The summed E-state index contributed by atoms with van der Waals surface area (Å²) in [5.74, 6) is -0.249. The molecule has 126 valence electrons. The molecule has 0 aliphatic heterocycles. The van der Waals surface area contributed by atoms with Crippen molar-refractivity contribution in [1.29, 1.82) is 0 Å². The third-order valence-electron chi connectivity index (χ3n) is 4.00. The zero-order valence-corrected chi connectivity index (χ0v) is 14.6. The highest BCUT2D eigenvalue weighted by Gasteiger charge is 2.36. The van der Waals surface area contributed by atoms with Gasteiger partial charge in [-0.2, -0.15) is 0 Å². The number of benzene rings is 2. The maximum Gasteiger partial charge on any atom is 0.239 e. The van der Waals surface area contributed by atoms with Crippen molar-refractivity contribution < 1.29 is 9.59 Å². The Labute approximate surface area is 143 Å². The molecule has 0 heterocycles. The van der Waals surface area contributed by atoms with Gasteiger partial charge in [-0.3, -0.25) is 9.59 Å². The summed E-state index contributed by atoms with van der Waals surface area (Å²) in [5.41, 5.74) is 1.37. The molecule has 2 aromatic rings. The smallest absolute Gasteiger partial charge is 0.239 e. The molecule has 2 N–H and O–H groups in total. The van der Waals surface area contributed by atoms with Crippen molar-refractivity contribution in [3.8, 4) is 0 Å². The molecule has 2 aromatic carbocycles. The number of carbonyl (C=O) groups excluding carboxylic acids is 2. The van der Waals surface area contributed by atoms with Gasteiger partial charge in [0.2, 0.25) is 11.8 Å². The van der Waals surface area contributed by atoms with Crippen LogP contribution in [-0.4, -0.2) is 11.8 Å². The van der Waals surface area contributed by atoms with Crippen LogP contribution in [0.3, 0.4) is 0 Å². The highest BCUT2D eigenvalue weighted by Crippen LogP contribution is 2.23. The molecule has 0 aliphatic carbocycles. The highest BCUT2D eigenvalue weighted by atomic mass is 16.2. The Morgan fingerprint density at radius 2 is 1.25 bits per heavy atom. The first-order valence-corrected chi connectivity index (χ1v) is 8.08. The van der Waals surface area contributed by atoms with Crippen LogP contribution in [0.5, 0.6) is 0 Å². The lowest BCUT2D eigenvalue weighted by atomic mass is 9.90. The fourth-order valence-electron chi connectivity index (χ4n) is 2.15. The largest absolute Gasteiger partial charge is 0.325 e. The normalized spacial score (nSPS) is 11.2. The van der Waals surface area contributed by atoms with Gasteiger partial charge in [0.25, 0.3) is 0 Å². The van der Waals surface area contributed by atoms with Crippen molar-refractivity contribution in [2.45, 2.75) is 33.6 Å². The second-order valence-electron chi connectivity index (χ2n) is 6.68. The number of hydrogen-bond acceptors (Lipinski definition) is 2. The molecule has 4 nitrogen and oxygen atoms in total. The van der Waals surface area contributed by atoms with Crippen molar-refractivity contribution >= 4 is 23.2 Å². The number of rotatable bonds is 5. The molecule has 0 unspecified atom stereocenters. The molecule has 4 heteroatoms. The molecular formula is C20H24N2O2. The summed E-state index contributed by atoms with van der Waals surface area (Å²) in [6.07, 6.45) is 0. The van der Waals surface area contributed by atoms with Gasteiger partial charge in [-0.25, -0.2) is 0 Å². The van der Waals surface area contributed by atoms with E-state index in [9.17, 15) is 9.59 Å². The van der Waals surface area contributed by atoms with Crippen molar-refractivity contribution in [2.75, 3.05) is 10.6 Å². The van der Waals surface area contributed by atoms with E-state index in [4.69, 9.17) is 0 Å². The lowest BCUT2D eigenvalue weighted by Gasteiger charge is -2.23. The van der Waals surface area contributed by atoms with Crippen LogP contribution in [0, 0.1) is 5.41 Å². The molecule has 0 radical (unpaired) electrons. The van der Waals surface area contributed by atoms with Crippen LogP contribution in [0.2, 0.25) is 0 Å². The summed E-state index contributed by atoms with van der Waals surface area (Å²) in [7, 11) is 0. The van der Waals surface area contributed by atoms with Gasteiger partial charge in [-0.1, -0.05) is 44.2 Å². The first-order valence-electron chi connectivity index (χ1n) is 8.08. The van der Waals surface area contributed by atoms with E-state index in [1.54, 1.807) is 26.0 Å². The summed E-state index contributed by atoms with van der Waals surface area (Å²) in [5, 5.41) is 5.59.